The smallest absolute Gasteiger partial charge is 0.387 e. The standard InChI is InChI=1S/C19H15F3O5S/c1-26-15-4-2-3-11(18(15)27-19(21)22)5-7-14(23)12-6-8-16(13(20)9-12)28-10-17(24)25/h2-9,19H,10H2,1H3,(H,24,25)/b7-5+. The molecule has 0 amide bonds. The molecule has 0 aliphatic carbocycles. The maximum absolute atomic E-state index is 14.0. The Morgan fingerprint density at radius 2 is 2.00 bits per heavy atom. The van der Waals surface area contributed by atoms with Crippen LogP contribution in [-0.2, 0) is 4.79 Å². The van der Waals surface area contributed by atoms with E-state index in [1.54, 1.807) is 0 Å². The number of carbonyl (C=O) groups is 2. The highest BCUT2D eigenvalue weighted by Gasteiger charge is 2.15. The lowest BCUT2D eigenvalue weighted by atomic mass is 10.1. The number of methoxy groups -OCH3 is 1. The molecule has 28 heavy (non-hydrogen) atoms. The van der Waals surface area contributed by atoms with Crippen LogP contribution in [0.1, 0.15) is 15.9 Å². The zero-order valence-electron chi connectivity index (χ0n) is 14.5. The Bertz CT molecular complexity index is 899. The lowest BCUT2D eigenvalue weighted by molar-refractivity contribution is -0.133. The first-order chi connectivity index (χ1) is 13.3. The molecule has 1 N–H and O–H groups in total. The van der Waals surface area contributed by atoms with E-state index in [0.717, 1.165) is 23.9 Å². The Labute approximate surface area is 162 Å². The molecule has 2 aromatic carbocycles. The summed E-state index contributed by atoms with van der Waals surface area (Å²) in [6.45, 7) is -3.08. The van der Waals surface area contributed by atoms with Gasteiger partial charge in [0.15, 0.2) is 17.3 Å². The number of aliphatic carboxylic acids is 1. The number of ketones is 1. The van der Waals surface area contributed by atoms with Crippen molar-refractivity contribution in [2.24, 2.45) is 0 Å². The fourth-order valence-corrected chi connectivity index (χ4v) is 2.85. The Hall–Kier alpha value is -2.94. The Kier molecular flexibility index (Phi) is 7.51. The van der Waals surface area contributed by atoms with E-state index in [0.29, 0.717) is 0 Å². The monoisotopic (exact) mass is 412 g/mol. The number of rotatable bonds is 9. The molecule has 0 radical (unpaired) electrons. The summed E-state index contributed by atoms with van der Waals surface area (Å²) in [5.74, 6) is -2.86. The Morgan fingerprint density at radius 3 is 2.61 bits per heavy atom. The van der Waals surface area contributed by atoms with Crippen molar-refractivity contribution in [1.82, 2.24) is 0 Å². The summed E-state index contributed by atoms with van der Waals surface area (Å²) in [5.41, 5.74) is 0.203. The summed E-state index contributed by atoms with van der Waals surface area (Å²) in [6.07, 6.45) is 2.35. The average molecular weight is 412 g/mol. The van der Waals surface area contributed by atoms with Crippen molar-refractivity contribution in [1.29, 1.82) is 0 Å². The van der Waals surface area contributed by atoms with Gasteiger partial charge in [-0.25, -0.2) is 4.39 Å². The maximum Gasteiger partial charge on any atom is 0.387 e. The van der Waals surface area contributed by atoms with Gasteiger partial charge in [-0.2, -0.15) is 8.78 Å². The number of alkyl halides is 2. The number of ether oxygens (including phenoxy) is 2. The first kappa shape index (κ1) is 21.4. The number of halogens is 3. The number of thioether (sulfide) groups is 1. The second kappa shape index (κ2) is 9.84. The summed E-state index contributed by atoms with van der Waals surface area (Å²) in [5, 5.41) is 8.63. The molecule has 0 aliphatic heterocycles. The lowest BCUT2D eigenvalue weighted by Gasteiger charge is -2.12. The maximum atomic E-state index is 14.0. The second-order valence-corrected chi connectivity index (χ2v) is 6.30. The third kappa shape index (κ3) is 5.78. The first-order valence-corrected chi connectivity index (χ1v) is 8.78. The predicted molar refractivity (Wildman–Crippen MR) is 97.8 cm³/mol. The number of benzene rings is 2. The zero-order valence-corrected chi connectivity index (χ0v) is 15.3. The van der Waals surface area contributed by atoms with Gasteiger partial charge in [0.1, 0.15) is 5.82 Å². The van der Waals surface area contributed by atoms with Gasteiger partial charge in [0.05, 0.1) is 12.9 Å². The molecule has 2 aromatic rings. The van der Waals surface area contributed by atoms with Gasteiger partial charge in [-0.15, -0.1) is 11.8 Å². The number of carbonyl (C=O) groups excluding carboxylic acids is 1. The predicted octanol–water partition coefficient (Wildman–Crippen LogP) is 4.51. The van der Waals surface area contributed by atoms with E-state index in [9.17, 15) is 22.8 Å². The van der Waals surface area contributed by atoms with Gasteiger partial charge in [0.2, 0.25) is 0 Å². The lowest BCUT2D eigenvalue weighted by Crippen LogP contribution is -2.05. The number of carboxylic acid groups (broad SMARTS) is 1. The molecule has 0 saturated carbocycles. The van der Waals surface area contributed by atoms with E-state index in [4.69, 9.17) is 9.84 Å². The van der Waals surface area contributed by atoms with Crippen molar-refractivity contribution in [2.75, 3.05) is 12.9 Å². The summed E-state index contributed by atoms with van der Waals surface area (Å²) >= 11 is 0.792. The van der Waals surface area contributed by atoms with Crippen LogP contribution in [0.5, 0.6) is 11.5 Å². The van der Waals surface area contributed by atoms with Crippen LogP contribution >= 0.6 is 11.8 Å². The largest absolute Gasteiger partial charge is 0.493 e. The van der Waals surface area contributed by atoms with Crippen LogP contribution in [0.15, 0.2) is 47.4 Å². The van der Waals surface area contributed by atoms with Crippen LogP contribution in [0.25, 0.3) is 6.08 Å². The molecule has 0 heterocycles. The average Bonchev–Trinajstić information content (AvgIpc) is 2.65. The molecular formula is C19H15F3O5S. The highest BCUT2D eigenvalue weighted by atomic mass is 32.2. The quantitative estimate of drug-likeness (QED) is 0.371. The van der Waals surface area contributed by atoms with Crippen LogP contribution < -0.4 is 9.47 Å². The van der Waals surface area contributed by atoms with Crippen molar-refractivity contribution in [3.63, 3.8) is 0 Å². The first-order valence-electron chi connectivity index (χ1n) is 7.80. The summed E-state index contributed by atoms with van der Waals surface area (Å²) in [7, 11) is 1.29. The number of hydrogen-bond donors (Lipinski definition) is 1. The normalized spacial score (nSPS) is 11.0. The highest BCUT2D eigenvalue weighted by molar-refractivity contribution is 8.00. The zero-order chi connectivity index (χ0) is 20.7. The Morgan fingerprint density at radius 1 is 1.25 bits per heavy atom. The third-order valence-electron chi connectivity index (χ3n) is 3.42. The number of para-hydroxylation sites is 1. The summed E-state index contributed by atoms with van der Waals surface area (Å²) < 4.78 is 48.7. The molecule has 0 fully saturated rings. The van der Waals surface area contributed by atoms with Gasteiger partial charge in [0.25, 0.3) is 0 Å². The summed E-state index contributed by atoms with van der Waals surface area (Å²) in [6, 6.07) is 8.06. The van der Waals surface area contributed by atoms with Crippen LogP contribution in [-0.4, -0.2) is 36.3 Å². The molecule has 0 aliphatic rings. The third-order valence-corrected chi connectivity index (χ3v) is 4.45. The van der Waals surface area contributed by atoms with Crippen LogP contribution in [0.2, 0.25) is 0 Å². The molecule has 5 nitrogen and oxygen atoms in total. The molecule has 0 spiro atoms. The topological polar surface area (TPSA) is 72.8 Å². The van der Waals surface area contributed by atoms with E-state index in [2.05, 4.69) is 4.74 Å². The van der Waals surface area contributed by atoms with Gasteiger partial charge in [-0.05, 0) is 36.4 Å². The number of allylic oxidation sites excluding steroid dienone is 1. The minimum atomic E-state index is -3.08. The van der Waals surface area contributed by atoms with Crippen molar-refractivity contribution < 1.29 is 37.3 Å². The second-order valence-electron chi connectivity index (χ2n) is 5.28. The van der Waals surface area contributed by atoms with Gasteiger partial charge in [-0.1, -0.05) is 12.1 Å². The molecular weight excluding hydrogens is 397 g/mol. The van der Waals surface area contributed by atoms with Crippen molar-refractivity contribution in [2.45, 2.75) is 11.5 Å². The minimum absolute atomic E-state index is 0.0210. The van der Waals surface area contributed by atoms with Crippen molar-refractivity contribution >= 4 is 29.6 Å². The van der Waals surface area contributed by atoms with E-state index < -0.39 is 24.2 Å². The molecule has 9 heteroatoms. The molecule has 0 unspecified atom stereocenters. The molecule has 0 aromatic heterocycles. The number of hydrogen-bond acceptors (Lipinski definition) is 5. The fraction of sp³-hybridized carbons (Fsp3) is 0.158. The van der Waals surface area contributed by atoms with Gasteiger partial charge in [-0.3, -0.25) is 9.59 Å². The summed E-state index contributed by atoms with van der Waals surface area (Å²) in [4.78, 5) is 22.9. The van der Waals surface area contributed by atoms with E-state index in [1.807, 2.05) is 0 Å². The van der Waals surface area contributed by atoms with E-state index in [1.165, 1.54) is 43.5 Å². The molecule has 0 bridgehead atoms. The van der Waals surface area contributed by atoms with E-state index in [-0.39, 0.29) is 33.3 Å². The SMILES string of the molecule is COc1cccc(/C=C/C(=O)c2ccc(SCC(=O)O)c(F)c2)c1OC(F)F. The molecule has 0 atom stereocenters. The molecule has 0 saturated heterocycles. The van der Waals surface area contributed by atoms with Crippen molar-refractivity contribution in [3.8, 4) is 11.5 Å². The number of carboxylic acids is 1. The van der Waals surface area contributed by atoms with Gasteiger partial charge >= 0.3 is 12.6 Å². The highest BCUT2D eigenvalue weighted by Crippen LogP contribution is 2.33. The van der Waals surface area contributed by atoms with Crippen LogP contribution in [0, 0.1) is 5.82 Å². The van der Waals surface area contributed by atoms with Gasteiger partial charge in [0, 0.05) is 16.0 Å². The fourth-order valence-electron chi connectivity index (χ4n) is 2.21. The van der Waals surface area contributed by atoms with Crippen LogP contribution in [0.3, 0.4) is 0 Å². The van der Waals surface area contributed by atoms with E-state index >= 15 is 0 Å². The van der Waals surface area contributed by atoms with Crippen LogP contribution in [0.4, 0.5) is 13.2 Å². The minimum Gasteiger partial charge on any atom is -0.493 e. The molecule has 2 rings (SSSR count). The Balaban J connectivity index is 2.22. The van der Waals surface area contributed by atoms with Gasteiger partial charge < -0.3 is 14.6 Å². The van der Waals surface area contributed by atoms with Crippen molar-refractivity contribution in [3.05, 3.63) is 59.4 Å². The molecule has 148 valence electrons.